The molecule has 24 heavy (non-hydrogen) atoms. The molecule has 3 aromatic rings. The molecule has 5 nitrogen and oxygen atoms in total. The number of halogens is 1. The monoisotopic (exact) mass is 327 g/mol. The summed E-state index contributed by atoms with van der Waals surface area (Å²) >= 11 is 0. The number of nitrogens with zero attached hydrogens (tertiary/aromatic N) is 2. The highest BCUT2D eigenvalue weighted by Gasteiger charge is 2.06. The number of anilines is 1. The molecule has 1 heterocycles. The molecule has 0 saturated heterocycles. The number of benzene rings is 2. The van der Waals surface area contributed by atoms with Crippen molar-refractivity contribution in [2.45, 2.75) is 6.10 Å². The molecule has 0 spiro atoms. The number of hydrogen-bond acceptors (Lipinski definition) is 5. The van der Waals surface area contributed by atoms with E-state index >= 15 is 0 Å². The molecular weight excluding hydrogens is 309 g/mol. The average molecular weight is 327 g/mol. The van der Waals surface area contributed by atoms with Crippen LogP contribution in [0.2, 0.25) is 0 Å². The lowest BCUT2D eigenvalue weighted by molar-refractivity contribution is 0.0842. The number of aliphatic hydroxyl groups is 1. The fraction of sp³-hybridized carbons (Fsp3) is 0.222. The largest absolute Gasteiger partial charge is 0.491 e. The summed E-state index contributed by atoms with van der Waals surface area (Å²) < 4.78 is 17.5. The fourth-order valence-corrected chi connectivity index (χ4v) is 2.26. The van der Waals surface area contributed by atoms with Gasteiger partial charge in [0.15, 0.2) is 0 Å². The van der Waals surface area contributed by atoms with Gasteiger partial charge in [-0.3, -0.25) is 4.98 Å². The second-order valence-corrected chi connectivity index (χ2v) is 5.35. The van der Waals surface area contributed by atoms with Crippen LogP contribution in [-0.2, 0) is 0 Å². The van der Waals surface area contributed by atoms with Crippen LogP contribution in [0, 0.1) is 0 Å². The van der Waals surface area contributed by atoms with Crippen molar-refractivity contribution in [3.8, 4) is 17.0 Å². The van der Waals surface area contributed by atoms with Crippen LogP contribution in [0.4, 0.5) is 10.1 Å². The Balaban J connectivity index is 1.79. The lowest BCUT2D eigenvalue weighted by Crippen LogP contribution is -2.19. The van der Waals surface area contributed by atoms with E-state index in [1.165, 1.54) is 0 Å². The number of aliphatic hydroxyl groups excluding tert-OH is 1. The predicted molar refractivity (Wildman–Crippen MR) is 92.0 cm³/mol. The number of hydrogen-bond donors (Lipinski definition) is 2. The molecule has 0 aliphatic carbocycles. The Hall–Kier alpha value is -2.73. The van der Waals surface area contributed by atoms with Crippen molar-refractivity contribution in [3.63, 3.8) is 0 Å². The number of fused-ring (bicyclic) bond motifs is 1. The summed E-state index contributed by atoms with van der Waals surface area (Å²) in [5, 5.41) is 12.2. The number of aromatic nitrogens is 2. The second-order valence-electron chi connectivity index (χ2n) is 5.35. The topological polar surface area (TPSA) is 67.3 Å². The summed E-state index contributed by atoms with van der Waals surface area (Å²) in [7, 11) is 1.86. The van der Waals surface area contributed by atoms with Crippen molar-refractivity contribution in [2.24, 2.45) is 0 Å². The average Bonchev–Trinajstić information content (AvgIpc) is 2.65. The van der Waals surface area contributed by atoms with Gasteiger partial charge in [0, 0.05) is 18.3 Å². The van der Waals surface area contributed by atoms with Gasteiger partial charge in [-0.1, -0.05) is 0 Å². The van der Waals surface area contributed by atoms with Crippen LogP contribution in [-0.4, -0.2) is 41.5 Å². The molecule has 124 valence electrons. The second kappa shape index (κ2) is 7.23. The predicted octanol–water partition coefficient (Wildman–Crippen LogP) is 3.05. The molecule has 2 N–H and O–H groups in total. The molecule has 6 heteroatoms. The third-order valence-electron chi connectivity index (χ3n) is 3.60. The van der Waals surface area contributed by atoms with Crippen LogP contribution in [0.5, 0.6) is 5.75 Å². The van der Waals surface area contributed by atoms with Crippen LogP contribution in [0.1, 0.15) is 0 Å². The highest BCUT2D eigenvalue weighted by Crippen LogP contribution is 2.23. The van der Waals surface area contributed by atoms with Gasteiger partial charge in [0.05, 0.1) is 22.9 Å². The van der Waals surface area contributed by atoms with E-state index in [1.54, 1.807) is 18.3 Å². The Morgan fingerprint density at radius 2 is 1.96 bits per heavy atom. The number of rotatable bonds is 6. The first-order valence-corrected chi connectivity index (χ1v) is 7.61. The van der Waals surface area contributed by atoms with E-state index in [0.29, 0.717) is 5.75 Å². The summed E-state index contributed by atoms with van der Waals surface area (Å²) in [6.07, 6.45) is 0.628. The van der Waals surface area contributed by atoms with Crippen molar-refractivity contribution in [1.82, 2.24) is 9.97 Å². The first-order valence-electron chi connectivity index (χ1n) is 7.61. The maximum absolute atomic E-state index is 12.2. The van der Waals surface area contributed by atoms with E-state index in [4.69, 9.17) is 9.84 Å². The molecule has 0 radical (unpaired) electrons. The minimum absolute atomic E-state index is 0.0700. The molecule has 0 saturated carbocycles. The zero-order chi connectivity index (χ0) is 16.9. The van der Waals surface area contributed by atoms with Crippen LogP contribution >= 0.6 is 0 Å². The van der Waals surface area contributed by atoms with E-state index in [0.717, 1.165) is 28.0 Å². The fourth-order valence-electron chi connectivity index (χ4n) is 2.26. The van der Waals surface area contributed by atoms with Gasteiger partial charge in [0.2, 0.25) is 0 Å². The van der Waals surface area contributed by atoms with Crippen LogP contribution < -0.4 is 10.1 Å². The normalized spacial score (nSPS) is 12.1. The van der Waals surface area contributed by atoms with E-state index in [1.807, 2.05) is 37.4 Å². The zero-order valence-corrected chi connectivity index (χ0v) is 13.2. The lowest BCUT2D eigenvalue weighted by atomic mass is 10.1. The Bertz CT molecular complexity index is 824. The maximum Gasteiger partial charge on any atom is 0.119 e. The number of nitrogens with one attached hydrogen (secondary N) is 1. The third kappa shape index (κ3) is 3.60. The minimum Gasteiger partial charge on any atom is -0.491 e. The molecule has 1 atom stereocenters. The first kappa shape index (κ1) is 16.1. The highest BCUT2D eigenvalue weighted by molar-refractivity contribution is 5.80. The highest BCUT2D eigenvalue weighted by atomic mass is 19.1. The number of ether oxygens (including phenoxy) is 1. The molecule has 0 aliphatic heterocycles. The standard InChI is InChI=1S/C18H18FN3O2/c1-20-13-4-7-16-17(8-13)21-10-18(22-16)12-2-5-15(6-3-12)24-11-14(23)9-19/h2-8,10,14,20,23H,9,11H2,1H3/t14-/m0/s1. The lowest BCUT2D eigenvalue weighted by Gasteiger charge is -2.10. The van der Waals surface area contributed by atoms with Crippen LogP contribution in [0.25, 0.3) is 22.3 Å². The summed E-state index contributed by atoms with van der Waals surface area (Å²) in [6, 6.07) is 13.1. The van der Waals surface area contributed by atoms with Crippen molar-refractivity contribution in [3.05, 3.63) is 48.7 Å². The van der Waals surface area contributed by atoms with Crippen molar-refractivity contribution in [1.29, 1.82) is 0 Å². The summed E-state index contributed by atoms with van der Waals surface area (Å²) in [4.78, 5) is 9.07. The Labute approximate surface area is 139 Å². The zero-order valence-electron chi connectivity index (χ0n) is 13.2. The summed E-state index contributed by atoms with van der Waals surface area (Å²) in [5.74, 6) is 0.568. The van der Waals surface area contributed by atoms with E-state index in [-0.39, 0.29) is 6.61 Å². The van der Waals surface area contributed by atoms with Gasteiger partial charge in [-0.05, 0) is 42.5 Å². The van der Waals surface area contributed by atoms with Gasteiger partial charge < -0.3 is 15.2 Å². The van der Waals surface area contributed by atoms with Gasteiger partial charge >= 0.3 is 0 Å². The molecule has 0 aliphatic rings. The van der Waals surface area contributed by atoms with Crippen LogP contribution in [0.15, 0.2) is 48.7 Å². The molecule has 0 fully saturated rings. The smallest absolute Gasteiger partial charge is 0.119 e. The molecule has 3 rings (SSSR count). The Morgan fingerprint density at radius 1 is 1.17 bits per heavy atom. The third-order valence-corrected chi connectivity index (χ3v) is 3.60. The van der Waals surface area contributed by atoms with Gasteiger partial charge in [-0.2, -0.15) is 0 Å². The molecule has 2 aromatic carbocycles. The summed E-state index contributed by atoms with van der Waals surface area (Å²) in [5.41, 5.74) is 4.29. The molecule has 0 bridgehead atoms. The molecule has 1 aromatic heterocycles. The van der Waals surface area contributed by atoms with Crippen molar-refractivity contribution < 1.29 is 14.2 Å². The van der Waals surface area contributed by atoms with E-state index in [2.05, 4.69) is 15.3 Å². The maximum atomic E-state index is 12.2. The first-order chi connectivity index (χ1) is 11.7. The van der Waals surface area contributed by atoms with E-state index < -0.39 is 12.8 Å². The molecular formula is C18H18FN3O2. The summed E-state index contributed by atoms with van der Waals surface area (Å²) in [6.45, 7) is -0.889. The molecule has 0 unspecified atom stereocenters. The SMILES string of the molecule is CNc1ccc2nc(-c3ccc(OC[C@@H](O)CF)cc3)cnc2c1. The quantitative estimate of drug-likeness (QED) is 0.728. The number of alkyl halides is 1. The van der Waals surface area contributed by atoms with Crippen molar-refractivity contribution >= 4 is 16.7 Å². The minimum atomic E-state index is -1.10. The van der Waals surface area contributed by atoms with Gasteiger partial charge in [-0.15, -0.1) is 0 Å². The Morgan fingerprint density at radius 3 is 2.67 bits per heavy atom. The van der Waals surface area contributed by atoms with Crippen molar-refractivity contribution in [2.75, 3.05) is 25.6 Å². The molecule has 0 amide bonds. The van der Waals surface area contributed by atoms with Gasteiger partial charge in [0.25, 0.3) is 0 Å². The van der Waals surface area contributed by atoms with Gasteiger partial charge in [-0.25, -0.2) is 9.37 Å². The Kier molecular flexibility index (Phi) is 4.86. The van der Waals surface area contributed by atoms with Gasteiger partial charge in [0.1, 0.15) is 25.1 Å². The van der Waals surface area contributed by atoms with E-state index in [9.17, 15) is 4.39 Å². The van der Waals surface area contributed by atoms with Crippen LogP contribution in [0.3, 0.4) is 0 Å².